The lowest BCUT2D eigenvalue weighted by molar-refractivity contribution is 0.783. The van der Waals surface area contributed by atoms with Crippen molar-refractivity contribution in [3.8, 4) is 33.4 Å². The molecule has 2 aliphatic rings. The van der Waals surface area contributed by atoms with E-state index in [1.54, 1.807) is 0 Å². The highest BCUT2D eigenvalue weighted by molar-refractivity contribution is 6.22. The molecule has 0 bridgehead atoms. The maximum atomic E-state index is 2.53. The molecule has 0 aromatic heterocycles. The van der Waals surface area contributed by atoms with Crippen LogP contribution >= 0.6 is 0 Å². The zero-order valence-corrected chi connectivity index (χ0v) is 25.7. The maximum absolute atomic E-state index is 2.53. The summed E-state index contributed by atoms with van der Waals surface area (Å²) in [5, 5.41) is 10.5. The van der Waals surface area contributed by atoms with Gasteiger partial charge in [-0.05, 0) is 105 Å². The molecule has 0 aliphatic heterocycles. The van der Waals surface area contributed by atoms with Gasteiger partial charge in [-0.15, -0.1) is 0 Å². The van der Waals surface area contributed by atoms with E-state index in [0.29, 0.717) is 0 Å². The van der Waals surface area contributed by atoms with Gasteiger partial charge in [-0.2, -0.15) is 0 Å². The van der Waals surface area contributed by atoms with Gasteiger partial charge < -0.3 is 0 Å². The van der Waals surface area contributed by atoms with E-state index in [1.807, 2.05) is 0 Å². The molecule has 1 atom stereocenters. The van der Waals surface area contributed by atoms with Crippen molar-refractivity contribution in [2.45, 2.75) is 5.41 Å². The van der Waals surface area contributed by atoms with Crippen molar-refractivity contribution in [3.05, 3.63) is 192 Å². The quantitative estimate of drug-likeness (QED) is 0.166. The molecule has 0 radical (unpaired) electrons. The van der Waals surface area contributed by atoms with Crippen molar-refractivity contribution in [2.75, 3.05) is 0 Å². The second kappa shape index (κ2) is 9.06. The van der Waals surface area contributed by atoms with E-state index in [9.17, 15) is 0 Å². The Balaban J connectivity index is 1.40. The lowest BCUT2D eigenvalue weighted by Gasteiger charge is -2.41. The molecule has 9 aromatic rings. The van der Waals surface area contributed by atoms with Crippen LogP contribution < -0.4 is 0 Å². The molecule has 0 saturated heterocycles. The first-order valence-electron chi connectivity index (χ1n) is 16.5. The Hall–Kier alpha value is -5.98. The highest BCUT2D eigenvalue weighted by atomic mass is 14.5. The second-order valence-electron chi connectivity index (χ2n) is 13.1. The Kier molecular flexibility index (Phi) is 4.86. The fourth-order valence-corrected chi connectivity index (χ4v) is 9.29. The van der Waals surface area contributed by atoms with Crippen LogP contribution in [0, 0.1) is 0 Å². The van der Waals surface area contributed by atoms with Crippen LogP contribution in [0.25, 0.3) is 76.5 Å². The number of benzene rings is 9. The molecule has 0 amide bonds. The lowest BCUT2D eigenvalue weighted by atomic mass is 9.59. The molecule has 47 heavy (non-hydrogen) atoms. The monoisotopic (exact) mass is 592 g/mol. The van der Waals surface area contributed by atoms with Gasteiger partial charge in [0.2, 0.25) is 0 Å². The zero-order valence-electron chi connectivity index (χ0n) is 25.7. The van der Waals surface area contributed by atoms with Crippen molar-refractivity contribution < 1.29 is 0 Å². The molecule has 9 aromatic carbocycles. The van der Waals surface area contributed by atoms with E-state index < -0.39 is 5.41 Å². The van der Waals surface area contributed by atoms with Gasteiger partial charge in [0.25, 0.3) is 0 Å². The van der Waals surface area contributed by atoms with Crippen molar-refractivity contribution in [2.24, 2.45) is 0 Å². The zero-order chi connectivity index (χ0) is 30.7. The van der Waals surface area contributed by atoms with E-state index in [-0.39, 0.29) is 0 Å². The minimum Gasteiger partial charge on any atom is -0.0619 e. The summed E-state index contributed by atoms with van der Waals surface area (Å²) in [7, 11) is 0. The first-order valence-corrected chi connectivity index (χ1v) is 16.5. The van der Waals surface area contributed by atoms with E-state index in [0.717, 1.165) is 0 Å². The molecule has 0 heteroatoms. The van der Waals surface area contributed by atoms with Gasteiger partial charge in [0.1, 0.15) is 0 Å². The van der Waals surface area contributed by atoms with Gasteiger partial charge in [-0.1, -0.05) is 164 Å². The van der Waals surface area contributed by atoms with Crippen LogP contribution in [0.2, 0.25) is 0 Å². The van der Waals surface area contributed by atoms with Crippen LogP contribution in [-0.2, 0) is 5.41 Å². The average molecular weight is 593 g/mol. The number of fused-ring (bicyclic) bond motifs is 15. The highest BCUT2D eigenvalue weighted by Gasteiger charge is 2.51. The van der Waals surface area contributed by atoms with Crippen LogP contribution in [0.5, 0.6) is 0 Å². The molecular weight excluding hydrogens is 565 g/mol. The molecule has 0 fully saturated rings. The van der Waals surface area contributed by atoms with Crippen LogP contribution in [0.15, 0.2) is 170 Å². The Morgan fingerprint density at radius 3 is 1.72 bits per heavy atom. The van der Waals surface area contributed by atoms with Crippen molar-refractivity contribution in [1.29, 1.82) is 0 Å². The number of hydrogen-bond donors (Lipinski definition) is 0. The predicted molar refractivity (Wildman–Crippen MR) is 198 cm³/mol. The largest absolute Gasteiger partial charge is 0.0732 e. The van der Waals surface area contributed by atoms with Crippen LogP contribution in [-0.4, -0.2) is 0 Å². The smallest absolute Gasteiger partial charge is 0.0619 e. The van der Waals surface area contributed by atoms with Crippen molar-refractivity contribution in [1.82, 2.24) is 0 Å². The van der Waals surface area contributed by atoms with Crippen LogP contribution in [0.3, 0.4) is 0 Å². The summed E-state index contributed by atoms with van der Waals surface area (Å²) in [6.45, 7) is 0. The number of rotatable bonds is 1. The lowest BCUT2D eigenvalue weighted by Crippen LogP contribution is -2.32. The summed E-state index contributed by atoms with van der Waals surface area (Å²) in [4.78, 5) is 0. The summed E-state index contributed by atoms with van der Waals surface area (Å²) in [6, 6.07) is 63.9. The van der Waals surface area contributed by atoms with Gasteiger partial charge in [-0.25, -0.2) is 0 Å². The standard InChI is InChI=1S/C47H28/c1-2-16-32-29(12-1)13-9-22-33(32)31-26-27-37-36-19-7-8-24-41(36)47(43(37)28-31)42-25-11-15-30-14-10-23-40(44(30)42)45-38-20-5-3-17-34(38)35-18-4-6-21-39(35)46(45)47/h1-28H. The summed E-state index contributed by atoms with van der Waals surface area (Å²) in [5.41, 5.74) is 12.9. The van der Waals surface area contributed by atoms with Crippen molar-refractivity contribution in [3.63, 3.8) is 0 Å². The minimum atomic E-state index is -0.501. The van der Waals surface area contributed by atoms with E-state index in [2.05, 4.69) is 170 Å². The SMILES string of the molecule is c1ccc2c(c1)-c1ccc(-c3cccc4ccccc34)cc1C21c2c(c3ccccc3c3ccccc23)-c2cccc3cccc1c23. The van der Waals surface area contributed by atoms with Gasteiger partial charge in [-0.3, -0.25) is 0 Å². The van der Waals surface area contributed by atoms with Crippen LogP contribution in [0.1, 0.15) is 22.3 Å². The third kappa shape index (κ3) is 3.08. The fraction of sp³-hybridized carbons (Fsp3) is 0.0213. The van der Waals surface area contributed by atoms with Gasteiger partial charge in [0.15, 0.2) is 0 Å². The molecule has 2 aliphatic carbocycles. The topological polar surface area (TPSA) is 0 Å². The van der Waals surface area contributed by atoms with Gasteiger partial charge in [0, 0.05) is 0 Å². The third-order valence-electron chi connectivity index (χ3n) is 11.0. The van der Waals surface area contributed by atoms with Crippen molar-refractivity contribution >= 4 is 43.1 Å². The van der Waals surface area contributed by atoms with Gasteiger partial charge >= 0.3 is 0 Å². The molecule has 1 spiro atoms. The molecule has 0 heterocycles. The van der Waals surface area contributed by atoms with E-state index in [4.69, 9.17) is 0 Å². The molecule has 216 valence electrons. The first kappa shape index (κ1) is 25.2. The minimum absolute atomic E-state index is 0.501. The summed E-state index contributed by atoms with van der Waals surface area (Å²) in [6.07, 6.45) is 0. The van der Waals surface area contributed by atoms with E-state index in [1.165, 1.54) is 98.7 Å². The summed E-state index contributed by atoms with van der Waals surface area (Å²) < 4.78 is 0. The predicted octanol–water partition coefficient (Wildman–Crippen LogP) is 12.3. The van der Waals surface area contributed by atoms with E-state index >= 15 is 0 Å². The summed E-state index contributed by atoms with van der Waals surface area (Å²) >= 11 is 0. The van der Waals surface area contributed by atoms with Crippen LogP contribution in [0.4, 0.5) is 0 Å². The highest BCUT2D eigenvalue weighted by Crippen LogP contribution is 2.64. The Bertz CT molecular complexity index is 2790. The molecule has 11 rings (SSSR count). The third-order valence-corrected chi connectivity index (χ3v) is 11.0. The Morgan fingerprint density at radius 1 is 0.319 bits per heavy atom. The van der Waals surface area contributed by atoms with Gasteiger partial charge in [0.05, 0.1) is 5.41 Å². The number of hydrogen-bond acceptors (Lipinski definition) is 0. The molecule has 1 unspecified atom stereocenters. The molecule has 0 N–H and O–H groups in total. The Labute approximate surface area is 273 Å². The molecule has 0 saturated carbocycles. The first-order chi connectivity index (χ1) is 23.3. The summed E-state index contributed by atoms with van der Waals surface area (Å²) in [5.74, 6) is 0. The second-order valence-corrected chi connectivity index (χ2v) is 13.1. The fourth-order valence-electron chi connectivity index (χ4n) is 9.29. The Morgan fingerprint density at radius 2 is 0.872 bits per heavy atom. The molecule has 0 nitrogen and oxygen atoms in total. The normalized spacial score (nSPS) is 15.7. The maximum Gasteiger partial charge on any atom is 0.0732 e. The average Bonchev–Trinajstić information content (AvgIpc) is 3.43. The molecular formula is C47H28.